The van der Waals surface area contributed by atoms with Crippen molar-refractivity contribution in [1.82, 2.24) is 4.98 Å². The Bertz CT molecular complexity index is 1050. The molecule has 0 bridgehead atoms. The van der Waals surface area contributed by atoms with Gasteiger partial charge in [0, 0.05) is 15.6 Å². The molecule has 3 aromatic rings. The first kappa shape index (κ1) is 16.9. The normalized spacial score (nSPS) is 13.8. The van der Waals surface area contributed by atoms with Gasteiger partial charge in [-0.25, -0.2) is 18.2 Å². The smallest absolute Gasteiger partial charge is 0.250 e. The molecule has 1 aliphatic rings. The van der Waals surface area contributed by atoms with Gasteiger partial charge in [-0.15, -0.1) is 11.3 Å². The van der Waals surface area contributed by atoms with E-state index in [1.807, 2.05) is 0 Å². The van der Waals surface area contributed by atoms with Crippen LogP contribution >= 0.6 is 11.3 Å². The number of fused-ring (bicyclic) bond motifs is 1. The Morgan fingerprint density at radius 3 is 2.62 bits per heavy atom. The van der Waals surface area contributed by atoms with Gasteiger partial charge < -0.3 is 9.84 Å². The lowest BCUT2D eigenvalue weighted by Gasteiger charge is -2.19. The van der Waals surface area contributed by atoms with Crippen LogP contribution in [0.3, 0.4) is 0 Å². The Labute approximate surface area is 151 Å². The summed E-state index contributed by atoms with van der Waals surface area (Å²) in [5, 5.41) is 11.1. The summed E-state index contributed by atoms with van der Waals surface area (Å²) in [6.45, 7) is 0. The third kappa shape index (κ3) is 2.54. The van der Waals surface area contributed by atoms with Gasteiger partial charge in [-0.2, -0.15) is 0 Å². The van der Waals surface area contributed by atoms with Crippen molar-refractivity contribution in [1.29, 1.82) is 0 Å². The van der Waals surface area contributed by atoms with Gasteiger partial charge in [0.05, 0.1) is 23.7 Å². The molecule has 1 N–H and O–H groups in total. The highest BCUT2D eigenvalue weighted by Crippen LogP contribution is 2.46. The average Bonchev–Trinajstić information content (AvgIpc) is 2.92. The van der Waals surface area contributed by atoms with E-state index >= 15 is 0 Å². The highest BCUT2D eigenvalue weighted by atomic mass is 32.1. The number of halogens is 3. The molecule has 1 fully saturated rings. The molecule has 0 radical (unpaired) electrons. The van der Waals surface area contributed by atoms with Crippen molar-refractivity contribution in [2.45, 2.75) is 19.3 Å². The van der Waals surface area contributed by atoms with E-state index in [1.54, 1.807) is 0 Å². The highest BCUT2D eigenvalue weighted by molar-refractivity contribution is 7.20. The van der Waals surface area contributed by atoms with Crippen LogP contribution in [-0.2, 0) is 0 Å². The van der Waals surface area contributed by atoms with E-state index in [0.717, 1.165) is 42.4 Å². The van der Waals surface area contributed by atoms with Gasteiger partial charge in [0.2, 0.25) is 0 Å². The van der Waals surface area contributed by atoms with Crippen molar-refractivity contribution in [2.24, 2.45) is 0 Å². The summed E-state index contributed by atoms with van der Waals surface area (Å²) < 4.78 is 48.4. The lowest BCUT2D eigenvalue weighted by molar-refractivity contribution is 0.367. The molecule has 1 aliphatic carbocycles. The van der Waals surface area contributed by atoms with Gasteiger partial charge in [-0.1, -0.05) is 0 Å². The minimum Gasteiger partial charge on any atom is -0.506 e. The van der Waals surface area contributed by atoms with Crippen molar-refractivity contribution >= 4 is 27.2 Å². The molecule has 0 aliphatic heterocycles. The zero-order valence-electron chi connectivity index (χ0n) is 13.8. The molecule has 134 valence electrons. The lowest BCUT2D eigenvalue weighted by Crippen LogP contribution is -2.02. The van der Waals surface area contributed by atoms with E-state index in [-0.39, 0.29) is 22.8 Å². The van der Waals surface area contributed by atoms with E-state index < -0.39 is 17.5 Å². The zero-order valence-corrected chi connectivity index (χ0v) is 14.6. The second-order valence-corrected chi connectivity index (χ2v) is 7.11. The van der Waals surface area contributed by atoms with Crippen LogP contribution in [0.4, 0.5) is 13.2 Å². The molecule has 1 aromatic carbocycles. The second kappa shape index (κ2) is 6.32. The van der Waals surface area contributed by atoms with E-state index in [0.29, 0.717) is 15.0 Å². The van der Waals surface area contributed by atoms with E-state index in [2.05, 4.69) is 4.98 Å². The fourth-order valence-electron chi connectivity index (χ4n) is 3.06. The Hall–Kier alpha value is -2.54. The molecular formula is C19H14F3NO2S. The average molecular weight is 377 g/mol. The van der Waals surface area contributed by atoms with Crippen molar-refractivity contribution in [2.75, 3.05) is 7.11 Å². The summed E-state index contributed by atoms with van der Waals surface area (Å²) in [5.41, 5.74) is 0.689. The number of methoxy groups -OCH3 is 1. The van der Waals surface area contributed by atoms with Gasteiger partial charge in [0.25, 0.3) is 5.88 Å². The summed E-state index contributed by atoms with van der Waals surface area (Å²) in [4.78, 5) is 3.92. The number of thiophene rings is 1. The number of hydrogen-bond acceptors (Lipinski definition) is 4. The third-order valence-electron chi connectivity index (χ3n) is 4.54. The number of aliphatic hydroxyl groups excluding tert-OH is 1. The number of pyridine rings is 1. The minimum atomic E-state index is -0.954. The van der Waals surface area contributed by atoms with Crippen LogP contribution < -0.4 is 4.74 Å². The van der Waals surface area contributed by atoms with E-state index in [1.165, 1.54) is 25.3 Å². The molecule has 0 unspecified atom stereocenters. The summed E-state index contributed by atoms with van der Waals surface area (Å²) in [6.07, 6.45) is 3.30. The van der Waals surface area contributed by atoms with Crippen molar-refractivity contribution in [3.63, 3.8) is 0 Å². The van der Waals surface area contributed by atoms with Crippen molar-refractivity contribution in [3.05, 3.63) is 52.3 Å². The maximum Gasteiger partial charge on any atom is 0.250 e. The number of allylic oxidation sites excluding steroid dienone is 1. The Kier molecular flexibility index (Phi) is 4.11. The molecular weight excluding hydrogens is 363 g/mol. The number of aliphatic hydroxyl groups is 1. The maximum absolute atomic E-state index is 14.8. The molecule has 1 saturated carbocycles. The highest BCUT2D eigenvalue weighted by Gasteiger charge is 2.27. The van der Waals surface area contributed by atoms with Gasteiger partial charge >= 0.3 is 0 Å². The largest absolute Gasteiger partial charge is 0.506 e. The van der Waals surface area contributed by atoms with Gasteiger partial charge in [0.1, 0.15) is 11.6 Å². The molecule has 0 spiro atoms. The monoisotopic (exact) mass is 377 g/mol. The first-order chi connectivity index (χ1) is 12.5. The van der Waals surface area contributed by atoms with E-state index in [4.69, 9.17) is 4.74 Å². The van der Waals surface area contributed by atoms with Crippen molar-refractivity contribution in [3.8, 4) is 17.0 Å². The number of nitrogens with zero attached hydrogens (tertiary/aromatic N) is 1. The number of aromatic nitrogens is 1. The van der Waals surface area contributed by atoms with Gasteiger partial charge in [0.15, 0.2) is 11.6 Å². The Morgan fingerprint density at radius 1 is 1.19 bits per heavy atom. The SMILES string of the molecule is COc1ncc(F)c(-c2c(C(O)=C3CCC3)sc3cc(F)ccc23)c1F. The standard InChI is InChI=1S/C19H14F3NO2S/c1-25-19-16(22)15(12(21)8-23-19)14-11-6-5-10(20)7-13(11)26-18(14)17(24)9-3-2-4-9/h5-8,24H,2-4H2,1H3. The predicted molar refractivity (Wildman–Crippen MR) is 94.9 cm³/mol. The molecule has 2 heterocycles. The molecule has 0 saturated heterocycles. The Balaban J connectivity index is 2.09. The number of hydrogen-bond donors (Lipinski definition) is 1. The van der Waals surface area contributed by atoms with E-state index in [9.17, 15) is 18.3 Å². The fraction of sp³-hybridized carbons (Fsp3) is 0.211. The quantitative estimate of drug-likeness (QED) is 0.583. The van der Waals surface area contributed by atoms with Crippen LogP contribution in [0.5, 0.6) is 5.88 Å². The molecule has 26 heavy (non-hydrogen) atoms. The molecule has 7 heteroatoms. The number of rotatable bonds is 3. The van der Waals surface area contributed by atoms with Crippen LogP contribution in [0.25, 0.3) is 27.0 Å². The van der Waals surface area contributed by atoms with Gasteiger partial charge in [-0.05, 0) is 43.0 Å². The van der Waals surface area contributed by atoms with Crippen LogP contribution in [0.15, 0.2) is 30.0 Å². The van der Waals surface area contributed by atoms with Crippen LogP contribution in [0.2, 0.25) is 0 Å². The van der Waals surface area contributed by atoms with Crippen LogP contribution in [-0.4, -0.2) is 17.2 Å². The van der Waals surface area contributed by atoms with Crippen LogP contribution in [0, 0.1) is 17.5 Å². The number of benzene rings is 1. The summed E-state index contributed by atoms with van der Waals surface area (Å²) in [7, 11) is 1.24. The molecule has 4 rings (SSSR count). The van der Waals surface area contributed by atoms with Crippen LogP contribution in [0.1, 0.15) is 24.1 Å². The van der Waals surface area contributed by atoms with Crippen molar-refractivity contribution < 1.29 is 23.0 Å². The molecule has 0 atom stereocenters. The summed E-state index contributed by atoms with van der Waals surface area (Å²) in [6, 6.07) is 3.98. The van der Waals surface area contributed by atoms with Gasteiger partial charge in [-0.3, -0.25) is 0 Å². The Morgan fingerprint density at radius 2 is 1.96 bits per heavy atom. The fourth-order valence-corrected chi connectivity index (χ4v) is 4.28. The first-order valence-corrected chi connectivity index (χ1v) is 8.84. The molecule has 3 nitrogen and oxygen atoms in total. The first-order valence-electron chi connectivity index (χ1n) is 8.03. The molecule has 0 amide bonds. The zero-order chi connectivity index (χ0) is 18.4. The number of ether oxygens (including phenoxy) is 1. The second-order valence-electron chi connectivity index (χ2n) is 6.06. The lowest BCUT2D eigenvalue weighted by atomic mass is 9.89. The minimum absolute atomic E-state index is 0.0161. The topological polar surface area (TPSA) is 42.4 Å². The summed E-state index contributed by atoms with van der Waals surface area (Å²) >= 11 is 1.11. The predicted octanol–water partition coefficient (Wildman–Crippen LogP) is 5.84. The summed E-state index contributed by atoms with van der Waals surface area (Å²) in [5.74, 6) is -2.61. The third-order valence-corrected chi connectivity index (χ3v) is 5.70. The molecule has 2 aromatic heterocycles. The maximum atomic E-state index is 14.8.